The van der Waals surface area contributed by atoms with E-state index in [1.165, 1.54) is 13.3 Å². The third kappa shape index (κ3) is 4.40. The van der Waals surface area contributed by atoms with Crippen molar-refractivity contribution in [2.75, 3.05) is 7.11 Å². The quantitative estimate of drug-likeness (QED) is 0.802. The molecule has 0 aliphatic heterocycles. The number of aliphatic hydroxyl groups is 1. The van der Waals surface area contributed by atoms with Gasteiger partial charge in [0.1, 0.15) is 0 Å². The minimum absolute atomic E-state index is 0.0791. The zero-order valence-electron chi connectivity index (χ0n) is 10.3. The molecule has 2 unspecified atom stereocenters. The number of pyridine rings is 1. The smallest absolute Gasteiger partial charge is 0.253 e. The average molecular weight is 238 g/mol. The van der Waals surface area contributed by atoms with Crippen molar-refractivity contribution in [3.05, 3.63) is 23.9 Å². The van der Waals surface area contributed by atoms with E-state index in [2.05, 4.69) is 10.3 Å². The molecular weight excluding hydrogens is 220 g/mol. The molecule has 5 heteroatoms. The standard InChI is InChI=1S/C12H18N2O3/c1-8(6-9(2)15)14-12(16)10-4-5-11(17-3)13-7-10/h4-5,7-9,15H,6H2,1-3H3,(H,14,16). The molecule has 5 nitrogen and oxygen atoms in total. The van der Waals surface area contributed by atoms with Crippen LogP contribution in [0.1, 0.15) is 30.6 Å². The normalized spacial score (nSPS) is 13.9. The van der Waals surface area contributed by atoms with Crippen molar-refractivity contribution >= 4 is 5.91 Å². The second kappa shape index (κ2) is 6.20. The number of aromatic nitrogens is 1. The average Bonchev–Trinajstić information content (AvgIpc) is 2.28. The van der Waals surface area contributed by atoms with Gasteiger partial charge in [0.25, 0.3) is 5.91 Å². The highest BCUT2D eigenvalue weighted by Crippen LogP contribution is 2.07. The van der Waals surface area contributed by atoms with Crippen LogP contribution in [-0.2, 0) is 0 Å². The first-order valence-electron chi connectivity index (χ1n) is 5.52. The molecule has 1 aromatic rings. The second-order valence-electron chi connectivity index (χ2n) is 4.05. The number of amides is 1. The van der Waals surface area contributed by atoms with Crippen molar-refractivity contribution in [3.63, 3.8) is 0 Å². The van der Waals surface area contributed by atoms with Gasteiger partial charge >= 0.3 is 0 Å². The molecule has 94 valence electrons. The van der Waals surface area contributed by atoms with Crippen molar-refractivity contribution in [1.29, 1.82) is 0 Å². The first-order valence-corrected chi connectivity index (χ1v) is 5.52. The van der Waals surface area contributed by atoms with E-state index in [-0.39, 0.29) is 11.9 Å². The van der Waals surface area contributed by atoms with E-state index in [1.807, 2.05) is 6.92 Å². The summed E-state index contributed by atoms with van der Waals surface area (Å²) in [5, 5.41) is 12.0. The van der Waals surface area contributed by atoms with Gasteiger partial charge in [0, 0.05) is 18.3 Å². The number of methoxy groups -OCH3 is 1. The summed E-state index contributed by atoms with van der Waals surface area (Å²) in [5.41, 5.74) is 0.475. The predicted octanol–water partition coefficient (Wildman–Crippen LogP) is 0.979. The SMILES string of the molecule is COc1ccc(C(=O)NC(C)CC(C)O)cn1. The monoisotopic (exact) mass is 238 g/mol. The first kappa shape index (κ1) is 13.4. The summed E-state index contributed by atoms with van der Waals surface area (Å²) in [4.78, 5) is 15.7. The topological polar surface area (TPSA) is 71.5 Å². The van der Waals surface area contributed by atoms with Crippen molar-refractivity contribution in [2.24, 2.45) is 0 Å². The van der Waals surface area contributed by atoms with Crippen molar-refractivity contribution in [2.45, 2.75) is 32.4 Å². The molecule has 0 bridgehead atoms. The maximum Gasteiger partial charge on any atom is 0.253 e. The molecule has 0 saturated heterocycles. The highest BCUT2D eigenvalue weighted by Gasteiger charge is 2.11. The van der Waals surface area contributed by atoms with Crippen LogP contribution in [0.5, 0.6) is 5.88 Å². The van der Waals surface area contributed by atoms with Gasteiger partial charge < -0.3 is 15.2 Å². The fraction of sp³-hybridized carbons (Fsp3) is 0.500. The van der Waals surface area contributed by atoms with Crippen LogP contribution >= 0.6 is 0 Å². The molecule has 0 aromatic carbocycles. The molecule has 0 fully saturated rings. The molecule has 1 aromatic heterocycles. The Bertz CT molecular complexity index is 363. The van der Waals surface area contributed by atoms with Gasteiger partial charge in [-0.2, -0.15) is 0 Å². The summed E-state index contributed by atoms with van der Waals surface area (Å²) in [6, 6.07) is 3.20. The summed E-state index contributed by atoms with van der Waals surface area (Å²) in [6.45, 7) is 3.54. The number of ether oxygens (including phenoxy) is 1. The summed E-state index contributed by atoms with van der Waals surface area (Å²) >= 11 is 0. The third-order valence-electron chi connectivity index (χ3n) is 2.28. The lowest BCUT2D eigenvalue weighted by atomic mass is 10.1. The van der Waals surface area contributed by atoms with Crippen molar-refractivity contribution in [3.8, 4) is 5.88 Å². The Kier molecular flexibility index (Phi) is 4.90. The predicted molar refractivity (Wildman–Crippen MR) is 64.0 cm³/mol. The van der Waals surface area contributed by atoms with E-state index in [0.717, 1.165) is 0 Å². The van der Waals surface area contributed by atoms with Crippen LogP contribution in [0.25, 0.3) is 0 Å². The second-order valence-corrected chi connectivity index (χ2v) is 4.05. The van der Waals surface area contributed by atoms with Gasteiger partial charge in [-0.15, -0.1) is 0 Å². The number of carbonyl (C=O) groups excluding carboxylic acids is 1. The molecule has 0 spiro atoms. The van der Waals surface area contributed by atoms with Gasteiger partial charge in [-0.1, -0.05) is 0 Å². The number of aliphatic hydroxyl groups excluding tert-OH is 1. The van der Waals surface area contributed by atoms with Crippen molar-refractivity contribution < 1.29 is 14.6 Å². The van der Waals surface area contributed by atoms with Crippen LogP contribution in [0.2, 0.25) is 0 Å². The molecule has 1 rings (SSSR count). The molecule has 2 N–H and O–H groups in total. The zero-order chi connectivity index (χ0) is 12.8. The Hall–Kier alpha value is -1.62. The number of nitrogens with zero attached hydrogens (tertiary/aromatic N) is 1. The van der Waals surface area contributed by atoms with Gasteiger partial charge in [-0.3, -0.25) is 4.79 Å². The molecular formula is C12H18N2O3. The Morgan fingerprint density at radius 3 is 2.71 bits per heavy atom. The van der Waals surface area contributed by atoms with E-state index in [9.17, 15) is 9.90 Å². The number of carbonyl (C=O) groups is 1. The van der Waals surface area contributed by atoms with Crippen LogP contribution in [-0.4, -0.2) is 35.3 Å². The highest BCUT2D eigenvalue weighted by molar-refractivity contribution is 5.94. The van der Waals surface area contributed by atoms with E-state index in [0.29, 0.717) is 17.9 Å². The molecule has 0 aliphatic rings. The van der Waals surface area contributed by atoms with Gasteiger partial charge in [-0.25, -0.2) is 4.98 Å². The number of hydrogen-bond donors (Lipinski definition) is 2. The first-order chi connectivity index (χ1) is 8.02. The minimum Gasteiger partial charge on any atom is -0.481 e. The lowest BCUT2D eigenvalue weighted by Crippen LogP contribution is -2.34. The van der Waals surface area contributed by atoms with Crippen LogP contribution in [0.4, 0.5) is 0 Å². The fourth-order valence-electron chi connectivity index (χ4n) is 1.51. The van der Waals surface area contributed by atoms with Gasteiger partial charge in [-0.05, 0) is 26.3 Å². The largest absolute Gasteiger partial charge is 0.481 e. The van der Waals surface area contributed by atoms with E-state index < -0.39 is 6.10 Å². The van der Waals surface area contributed by atoms with E-state index in [4.69, 9.17) is 4.74 Å². The minimum atomic E-state index is -0.431. The number of rotatable bonds is 5. The van der Waals surface area contributed by atoms with Crippen LogP contribution < -0.4 is 10.1 Å². The lowest BCUT2D eigenvalue weighted by Gasteiger charge is -2.15. The van der Waals surface area contributed by atoms with E-state index in [1.54, 1.807) is 19.1 Å². The van der Waals surface area contributed by atoms with Gasteiger partial charge in [0.15, 0.2) is 0 Å². The maximum atomic E-state index is 11.8. The zero-order valence-corrected chi connectivity index (χ0v) is 10.3. The molecule has 17 heavy (non-hydrogen) atoms. The van der Waals surface area contributed by atoms with Gasteiger partial charge in [0.05, 0.1) is 18.8 Å². The van der Waals surface area contributed by atoms with Crippen LogP contribution in [0.3, 0.4) is 0 Å². The summed E-state index contributed by atoms with van der Waals surface area (Å²) in [6.07, 6.45) is 1.55. The fourth-order valence-corrected chi connectivity index (χ4v) is 1.51. The number of hydrogen-bond acceptors (Lipinski definition) is 4. The Labute approximate surface area is 101 Å². The van der Waals surface area contributed by atoms with Crippen LogP contribution in [0.15, 0.2) is 18.3 Å². The molecule has 1 heterocycles. The summed E-state index contributed by atoms with van der Waals surface area (Å²) < 4.78 is 4.91. The lowest BCUT2D eigenvalue weighted by molar-refractivity contribution is 0.0922. The summed E-state index contributed by atoms with van der Waals surface area (Å²) in [7, 11) is 1.52. The Morgan fingerprint density at radius 1 is 1.53 bits per heavy atom. The molecule has 1 amide bonds. The molecule has 0 saturated carbocycles. The molecule has 2 atom stereocenters. The highest BCUT2D eigenvalue weighted by atomic mass is 16.5. The van der Waals surface area contributed by atoms with Crippen LogP contribution in [0, 0.1) is 0 Å². The third-order valence-corrected chi connectivity index (χ3v) is 2.28. The Balaban J connectivity index is 2.57. The molecule has 0 aliphatic carbocycles. The van der Waals surface area contributed by atoms with Crippen molar-refractivity contribution in [1.82, 2.24) is 10.3 Å². The van der Waals surface area contributed by atoms with Gasteiger partial charge in [0.2, 0.25) is 5.88 Å². The van der Waals surface area contributed by atoms with E-state index >= 15 is 0 Å². The Morgan fingerprint density at radius 2 is 2.24 bits per heavy atom. The number of nitrogens with one attached hydrogen (secondary N) is 1. The molecule has 0 radical (unpaired) electrons. The maximum absolute atomic E-state index is 11.8. The summed E-state index contributed by atoms with van der Waals surface area (Å²) in [5.74, 6) is 0.270.